The minimum Gasteiger partial charge on any atom is -0.477 e. The molecule has 0 amide bonds. The fourth-order valence-electron chi connectivity index (χ4n) is 3.94. The molecule has 1 heterocycles. The molecule has 0 saturated heterocycles. The molecule has 2 aromatic rings. The van der Waals surface area contributed by atoms with Crippen molar-refractivity contribution in [3.8, 4) is 0 Å². The van der Waals surface area contributed by atoms with Gasteiger partial charge in [-0.3, -0.25) is 0 Å². The highest BCUT2D eigenvalue weighted by Gasteiger charge is 2.27. The smallest absolute Gasteiger partial charge is 0.352 e. The fraction of sp³-hybridized carbons (Fsp3) is 0.500. The minimum absolute atomic E-state index is 0.297. The minimum atomic E-state index is -0.836. The molecule has 1 aromatic carbocycles. The van der Waals surface area contributed by atoms with Gasteiger partial charge in [-0.2, -0.15) is 0 Å². The van der Waals surface area contributed by atoms with Crippen molar-refractivity contribution in [2.24, 2.45) is 0 Å². The van der Waals surface area contributed by atoms with Crippen molar-refractivity contribution >= 4 is 5.97 Å². The Morgan fingerprint density at radius 1 is 1.23 bits per heavy atom. The zero-order valence-electron chi connectivity index (χ0n) is 16.3. The van der Waals surface area contributed by atoms with Gasteiger partial charge in [0.1, 0.15) is 5.69 Å². The van der Waals surface area contributed by atoms with Gasteiger partial charge >= 0.3 is 5.97 Å². The van der Waals surface area contributed by atoms with Gasteiger partial charge in [0.25, 0.3) is 0 Å². The van der Waals surface area contributed by atoms with E-state index in [0.29, 0.717) is 30.7 Å². The molecule has 1 aliphatic carbocycles. The Kier molecular flexibility index (Phi) is 5.52. The molecule has 0 aliphatic heterocycles. The lowest BCUT2D eigenvalue weighted by molar-refractivity contribution is 0.0683. The molecule has 1 saturated carbocycles. The molecule has 140 valence electrons. The summed E-state index contributed by atoms with van der Waals surface area (Å²) in [5, 5.41) is 13.5. The summed E-state index contributed by atoms with van der Waals surface area (Å²) in [4.78, 5) is 12.2. The molecule has 0 radical (unpaired) electrons. The maximum atomic E-state index is 12.2. The molecular weight excluding hydrogens is 324 g/mol. The molecular formula is C22H30N2O2. The highest BCUT2D eigenvalue weighted by Crippen LogP contribution is 2.31. The number of nitrogens with zero attached hydrogens (tertiary/aromatic N) is 1. The van der Waals surface area contributed by atoms with Gasteiger partial charge in [-0.25, -0.2) is 4.79 Å². The Morgan fingerprint density at radius 2 is 1.88 bits per heavy atom. The van der Waals surface area contributed by atoms with Crippen LogP contribution in [-0.4, -0.2) is 21.7 Å². The topological polar surface area (TPSA) is 54.3 Å². The zero-order chi connectivity index (χ0) is 18.8. The number of carboxylic acids is 1. The largest absolute Gasteiger partial charge is 0.477 e. The summed E-state index contributed by atoms with van der Waals surface area (Å²) in [5.74, 6) is -0.539. The van der Waals surface area contributed by atoms with Gasteiger partial charge in [0.2, 0.25) is 0 Å². The second-order valence-corrected chi connectivity index (χ2v) is 7.87. The summed E-state index contributed by atoms with van der Waals surface area (Å²) >= 11 is 0. The number of aryl methyl sites for hydroxylation is 1. The molecule has 4 heteroatoms. The third-order valence-corrected chi connectivity index (χ3v) is 5.59. The first-order valence-corrected chi connectivity index (χ1v) is 9.62. The van der Waals surface area contributed by atoms with Crippen LogP contribution in [0.5, 0.6) is 0 Å². The molecule has 0 spiro atoms. The van der Waals surface area contributed by atoms with Crippen LogP contribution < -0.4 is 5.32 Å². The summed E-state index contributed by atoms with van der Waals surface area (Å²) in [6.45, 7) is 9.66. The molecule has 0 atom stereocenters. The summed E-state index contributed by atoms with van der Waals surface area (Å²) in [7, 11) is 0. The third-order valence-electron chi connectivity index (χ3n) is 5.59. The van der Waals surface area contributed by atoms with Crippen LogP contribution in [0.1, 0.15) is 77.5 Å². The number of aromatic carboxylic acids is 1. The molecule has 1 aromatic heterocycles. The molecule has 2 N–H and O–H groups in total. The molecule has 4 nitrogen and oxygen atoms in total. The van der Waals surface area contributed by atoms with Gasteiger partial charge in [-0.1, -0.05) is 50.1 Å². The van der Waals surface area contributed by atoms with Crippen molar-refractivity contribution in [1.82, 2.24) is 9.88 Å². The van der Waals surface area contributed by atoms with Crippen LogP contribution in [0.3, 0.4) is 0 Å². The van der Waals surface area contributed by atoms with Crippen molar-refractivity contribution in [3.05, 3.63) is 57.9 Å². The molecule has 3 rings (SSSR count). The number of hydrogen-bond donors (Lipinski definition) is 2. The molecule has 0 bridgehead atoms. The number of benzene rings is 1. The summed E-state index contributed by atoms with van der Waals surface area (Å²) < 4.78 is 1.99. The van der Waals surface area contributed by atoms with Gasteiger partial charge in [0, 0.05) is 30.4 Å². The van der Waals surface area contributed by atoms with Crippen molar-refractivity contribution in [2.45, 2.75) is 72.0 Å². The number of nitrogens with one attached hydrogen (secondary N) is 1. The maximum absolute atomic E-state index is 12.2. The van der Waals surface area contributed by atoms with E-state index < -0.39 is 5.97 Å². The van der Waals surface area contributed by atoms with E-state index in [1.54, 1.807) is 0 Å². The van der Waals surface area contributed by atoms with Crippen molar-refractivity contribution < 1.29 is 9.90 Å². The number of carboxylic acid groups (broad SMARTS) is 1. The average molecular weight is 354 g/mol. The molecule has 1 aliphatic rings. The van der Waals surface area contributed by atoms with E-state index in [4.69, 9.17) is 0 Å². The van der Waals surface area contributed by atoms with Gasteiger partial charge < -0.3 is 15.0 Å². The first kappa shape index (κ1) is 18.7. The van der Waals surface area contributed by atoms with E-state index in [9.17, 15) is 9.90 Å². The van der Waals surface area contributed by atoms with E-state index in [1.165, 1.54) is 30.4 Å². The lowest BCUT2D eigenvalue weighted by Gasteiger charge is -2.27. The summed E-state index contributed by atoms with van der Waals surface area (Å²) in [6.07, 6.45) is 3.67. The van der Waals surface area contributed by atoms with Gasteiger partial charge in [0.05, 0.1) is 0 Å². The molecule has 1 fully saturated rings. The monoisotopic (exact) mass is 354 g/mol. The Bertz CT molecular complexity index is 783. The number of hydrogen-bond acceptors (Lipinski definition) is 2. The normalized spacial score (nSPS) is 14.7. The number of carbonyl (C=O) groups is 1. The van der Waals surface area contributed by atoms with Gasteiger partial charge in [-0.15, -0.1) is 0 Å². The predicted octanol–water partition coefficient (Wildman–Crippen LogP) is 4.62. The van der Waals surface area contributed by atoms with E-state index in [2.05, 4.69) is 57.3 Å². The van der Waals surface area contributed by atoms with Crippen LogP contribution in [0.25, 0.3) is 0 Å². The van der Waals surface area contributed by atoms with Crippen molar-refractivity contribution in [2.75, 3.05) is 0 Å². The van der Waals surface area contributed by atoms with Crippen LogP contribution in [-0.2, 0) is 13.1 Å². The SMILES string of the molecule is Cc1ccc(Cn2c(C)c(C(C)C)c(CNC3CCC3)c2C(=O)O)cc1. The molecule has 0 unspecified atom stereocenters. The van der Waals surface area contributed by atoms with Crippen LogP contribution >= 0.6 is 0 Å². The van der Waals surface area contributed by atoms with E-state index in [-0.39, 0.29) is 0 Å². The lowest BCUT2D eigenvalue weighted by atomic mass is 9.92. The van der Waals surface area contributed by atoms with E-state index in [0.717, 1.165) is 16.8 Å². The van der Waals surface area contributed by atoms with Gasteiger partial charge in [0.15, 0.2) is 0 Å². The quantitative estimate of drug-likeness (QED) is 0.763. The lowest BCUT2D eigenvalue weighted by Crippen LogP contribution is -2.35. The second kappa shape index (κ2) is 7.67. The maximum Gasteiger partial charge on any atom is 0.352 e. The van der Waals surface area contributed by atoms with Crippen LogP contribution in [0.2, 0.25) is 0 Å². The van der Waals surface area contributed by atoms with Crippen LogP contribution in [0.15, 0.2) is 24.3 Å². The highest BCUT2D eigenvalue weighted by molar-refractivity contribution is 5.89. The van der Waals surface area contributed by atoms with Crippen molar-refractivity contribution in [3.63, 3.8) is 0 Å². The third kappa shape index (κ3) is 3.70. The Hall–Kier alpha value is -2.07. The first-order chi connectivity index (χ1) is 12.4. The van der Waals surface area contributed by atoms with Crippen LogP contribution in [0, 0.1) is 13.8 Å². The Morgan fingerprint density at radius 3 is 2.38 bits per heavy atom. The zero-order valence-corrected chi connectivity index (χ0v) is 16.3. The van der Waals surface area contributed by atoms with Crippen molar-refractivity contribution in [1.29, 1.82) is 0 Å². The fourth-order valence-corrected chi connectivity index (χ4v) is 3.94. The highest BCUT2D eigenvalue weighted by atomic mass is 16.4. The first-order valence-electron chi connectivity index (χ1n) is 9.62. The standard InChI is InChI=1S/C22H30N2O2/c1-14(2)20-16(4)24(13-17-10-8-15(3)9-11-17)21(22(25)26)19(20)12-23-18-6-5-7-18/h8-11,14,18,23H,5-7,12-13H2,1-4H3,(H,25,26). The van der Waals surface area contributed by atoms with Gasteiger partial charge in [-0.05, 0) is 43.7 Å². The molecule has 26 heavy (non-hydrogen) atoms. The Balaban J connectivity index is 2.00. The second-order valence-electron chi connectivity index (χ2n) is 7.87. The van der Waals surface area contributed by atoms with E-state index in [1.807, 2.05) is 4.57 Å². The predicted molar refractivity (Wildman–Crippen MR) is 105 cm³/mol. The summed E-state index contributed by atoms with van der Waals surface area (Å²) in [6, 6.07) is 8.87. The van der Waals surface area contributed by atoms with E-state index >= 15 is 0 Å². The van der Waals surface area contributed by atoms with Crippen LogP contribution in [0.4, 0.5) is 0 Å². The average Bonchev–Trinajstić information content (AvgIpc) is 2.80. The summed E-state index contributed by atoms with van der Waals surface area (Å²) in [5.41, 5.74) is 6.00. The number of rotatable bonds is 7. The number of aromatic nitrogens is 1. The Labute approximate surface area is 156 Å².